The van der Waals surface area contributed by atoms with Crippen LogP contribution in [0.3, 0.4) is 0 Å². The maximum atomic E-state index is 11.3. The van der Waals surface area contributed by atoms with Gasteiger partial charge in [-0.05, 0) is 6.42 Å². The number of hydrogen-bond donors (Lipinski definition) is 0. The fourth-order valence-electron chi connectivity index (χ4n) is 1.47. The molecule has 1 rings (SSSR count). The van der Waals surface area contributed by atoms with E-state index in [-0.39, 0.29) is 11.8 Å². The van der Waals surface area contributed by atoms with Crippen molar-refractivity contribution in [3.63, 3.8) is 0 Å². The van der Waals surface area contributed by atoms with Crippen molar-refractivity contribution in [3.8, 4) is 6.07 Å². The molecule has 1 heterocycles. The third-order valence-corrected chi connectivity index (χ3v) is 2.17. The molecule has 0 aliphatic carbocycles. The van der Waals surface area contributed by atoms with Gasteiger partial charge in [-0.1, -0.05) is 0 Å². The average molecular weight is 182 g/mol. The summed E-state index contributed by atoms with van der Waals surface area (Å²) in [6.07, 6.45) is 1.24. The molecular formula is C9H14N2O2. The summed E-state index contributed by atoms with van der Waals surface area (Å²) >= 11 is 0. The van der Waals surface area contributed by atoms with Gasteiger partial charge in [-0.3, -0.25) is 4.79 Å². The van der Waals surface area contributed by atoms with Gasteiger partial charge in [0, 0.05) is 33.2 Å². The van der Waals surface area contributed by atoms with Crippen LogP contribution in [-0.4, -0.2) is 37.6 Å². The molecule has 0 aromatic rings. The lowest BCUT2D eigenvalue weighted by atomic mass is 10.1. The van der Waals surface area contributed by atoms with Crippen LogP contribution in [0.1, 0.15) is 12.8 Å². The molecule has 4 nitrogen and oxygen atoms in total. The van der Waals surface area contributed by atoms with Crippen molar-refractivity contribution in [3.05, 3.63) is 0 Å². The summed E-state index contributed by atoms with van der Waals surface area (Å²) in [4.78, 5) is 13.0. The van der Waals surface area contributed by atoms with Crippen LogP contribution in [0.15, 0.2) is 0 Å². The highest BCUT2D eigenvalue weighted by Gasteiger charge is 2.28. The lowest BCUT2D eigenvalue weighted by molar-refractivity contribution is -0.127. The fourth-order valence-corrected chi connectivity index (χ4v) is 1.47. The molecule has 1 amide bonds. The second-order valence-corrected chi connectivity index (χ2v) is 3.22. The molecule has 1 saturated heterocycles. The Morgan fingerprint density at radius 2 is 2.54 bits per heavy atom. The summed E-state index contributed by atoms with van der Waals surface area (Å²) in [5, 5.41) is 8.62. The molecule has 72 valence electrons. The highest BCUT2D eigenvalue weighted by Crippen LogP contribution is 2.16. The van der Waals surface area contributed by atoms with Gasteiger partial charge in [0.15, 0.2) is 0 Å². The lowest BCUT2D eigenvalue weighted by Crippen LogP contribution is -2.26. The predicted octanol–water partition coefficient (Wildman–Crippen LogP) is 0.395. The lowest BCUT2D eigenvalue weighted by Gasteiger charge is -2.14. The van der Waals surface area contributed by atoms with Crippen LogP contribution < -0.4 is 0 Å². The standard InChI is InChI=1S/C9H14N2O2/c1-13-4-2-3-11-7-8(6-10)5-9(11)12/h8H,2-5,7H2,1H3. The third-order valence-electron chi connectivity index (χ3n) is 2.17. The maximum Gasteiger partial charge on any atom is 0.224 e. The second kappa shape index (κ2) is 4.83. The van der Waals surface area contributed by atoms with Gasteiger partial charge in [0.2, 0.25) is 5.91 Å². The van der Waals surface area contributed by atoms with E-state index < -0.39 is 0 Å². The van der Waals surface area contributed by atoms with Crippen LogP contribution in [0.25, 0.3) is 0 Å². The SMILES string of the molecule is COCCCN1CC(C#N)CC1=O. The molecule has 1 atom stereocenters. The van der Waals surface area contributed by atoms with E-state index in [1.807, 2.05) is 0 Å². The molecule has 0 bridgehead atoms. The van der Waals surface area contributed by atoms with E-state index in [1.54, 1.807) is 12.0 Å². The summed E-state index contributed by atoms with van der Waals surface area (Å²) in [5.74, 6) is -0.00213. The molecular weight excluding hydrogens is 168 g/mol. The summed E-state index contributed by atoms with van der Waals surface area (Å²) < 4.78 is 4.89. The predicted molar refractivity (Wildman–Crippen MR) is 46.8 cm³/mol. The number of rotatable bonds is 4. The number of ether oxygens (including phenoxy) is 1. The summed E-state index contributed by atoms with van der Waals surface area (Å²) in [5.41, 5.74) is 0. The van der Waals surface area contributed by atoms with Gasteiger partial charge < -0.3 is 9.64 Å². The number of amides is 1. The quantitative estimate of drug-likeness (QED) is 0.591. The Morgan fingerprint density at radius 3 is 3.08 bits per heavy atom. The summed E-state index contributed by atoms with van der Waals surface area (Å²) in [6.45, 7) is 1.98. The van der Waals surface area contributed by atoms with Crippen LogP contribution in [-0.2, 0) is 9.53 Å². The first-order chi connectivity index (χ1) is 6.27. The van der Waals surface area contributed by atoms with E-state index in [9.17, 15) is 4.79 Å². The minimum atomic E-state index is -0.102. The number of carbonyl (C=O) groups excluding carboxylic acids is 1. The van der Waals surface area contributed by atoms with Gasteiger partial charge in [-0.25, -0.2) is 0 Å². The number of hydrogen-bond acceptors (Lipinski definition) is 3. The van der Waals surface area contributed by atoms with E-state index in [0.29, 0.717) is 26.1 Å². The van der Waals surface area contributed by atoms with E-state index >= 15 is 0 Å². The minimum absolute atomic E-state index is 0.0997. The number of methoxy groups -OCH3 is 1. The largest absolute Gasteiger partial charge is 0.385 e. The van der Waals surface area contributed by atoms with Gasteiger partial charge in [0.05, 0.1) is 12.0 Å². The molecule has 4 heteroatoms. The first-order valence-corrected chi connectivity index (χ1v) is 4.44. The second-order valence-electron chi connectivity index (χ2n) is 3.22. The Labute approximate surface area is 78.1 Å². The van der Waals surface area contributed by atoms with Gasteiger partial charge >= 0.3 is 0 Å². The van der Waals surface area contributed by atoms with Gasteiger partial charge in [-0.2, -0.15) is 5.26 Å². The first-order valence-electron chi connectivity index (χ1n) is 4.44. The van der Waals surface area contributed by atoms with Gasteiger partial charge in [-0.15, -0.1) is 0 Å². The number of nitrogens with zero attached hydrogens (tertiary/aromatic N) is 2. The zero-order valence-corrected chi connectivity index (χ0v) is 7.82. The summed E-state index contributed by atoms with van der Waals surface area (Å²) in [6, 6.07) is 2.12. The monoisotopic (exact) mass is 182 g/mol. The Kier molecular flexibility index (Phi) is 3.71. The normalized spacial score (nSPS) is 22.0. The molecule has 1 fully saturated rings. The third kappa shape index (κ3) is 2.71. The van der Waals surface area contributed by atoms with Crippen LogP contribution in [0, 0.1) is 17.2 Å². The van der Waals surface area contributed by atoms with Crippen molar-refractivity contribution in [2.45, 2.75) is 12.8 Å². The molecule has 0 aromatic heterocycles. The van der Waals surface area contributed by atoms with Crippen molar-refractivity contribution in [2.24, 2.45) is 5.92 Å². The fraction of sp³-hybridized carbons (Fsp3) is 0.778. The Hall–Kier alpha value is -1.08. The van der Waals surface area contributed by atoms with Crippen LogP contribution in [0.2, 0.25) is 0 Å². The molecule has 0 saturated carbocycles. The molecule has 13 heavy (non-hydrogen) atoms. The molecule has 0 N–H and O–H groups in total. The van der Waals surface area contributed by atoms with Crippen molar-refractivity contribution in [1.82, 2.24) is 4.90 Å². The van der Waals surface area contributed by atoms with Crippen LogP contribution >= 0.6 is 0 Å². The van der Waals surface area contributed by atoms with E-state index in [1.165, 1.54) is 0 Å². The van der Waals surface area contributed by atoms with Crippen molar-refractivity contribution in [1.29, 1.82) is 5.26 Å². The van der Waals surface area contributed by atoms with E-state index in [4.69, 9.17) is 10.00 Å². The molecule has 1 aliphatic rings. The number of nitriles is 1. The number of carbonyl (C=O) groups is 1. The zero-order chi connectivity index (χ0) is 9.68. The number of likely N-dealkylation sites (tertiary alicyclic amines) is 1. The highest BCUT2D eigenvalue weighted by atomic mass is 16.5. The van der Waals surface area contributed by atoms with Gasteiger partial charge in [0.25, 0.3) is 0 Å². The van der Waals surface area contributed by atoms with Crippen molar-refractivity contribution < 1.29 is 9.53 Å². The van der Waals surface area contributed by atoms with E-state index in [2.05, 4.69) is 6.07 Å². The molecule has 0 radical (unpaired) electrons. The summed E-state index contributed by atoms with van der Waals surface area (Å²) in [7, 11) is 1.64. The van der Waals surface area contributed by atoms with E-state index in [0.717, 1.165) is 6.42 Å². The first kappa shape index (κ1) is 10.0. The minimum Gasteiger partial charge on any atom is -0.385 e. The Balaban J connectivity index is 2.28. The average Bonchev–Trinajstić information content (AvgIpc) is 2.48. The molecule has 1 unspecified atom stereocenters. The van der Waals surface area contributed by atoms with Crippen molar-refractivity contribution >= 4 is 5.91 Å². The van der Waals surface area contributed by atoms with Crippen molar-refractivity contribution in [2.75, 3.05) is 26.8 Å². The molecule has 1 aliphatic heterocycles. The van der Waals surface area contributed by atoms with Crippen LogP contribution in [0.4, 0.5) is 0 Å². The molecule has 0 spiro atoms. The zero-order valence-electron chi connectivity index (χ0n) is 7.82. The topological polar surface area (TPSA) is 53.3 Å². The van der Waals surface area contributed by atoms with Crippen LogP contribution in [0.5, 0.6) is 0 Å². The smallest absolute Gasteiger partial charge is 0.224 e. The Morgan fingerprint density at radius 1 is 1.77 bits per heavy atom. The van der Waals surface area contributed by atoms with Gasteiger partial charge in [0.1, 0.15) is 0 Å². The molecule has 0 aromatic carbocycles. The maximum absolute atomic E-state index is 11.3. The Bertz CT molecular complexity index is 222. The highest BCUT2D eigenvalue weighted by molar-refractivity contribution is 5.79.